The molecule has 2 N–H and O–H groups in total. The zero-order valence-corrected chi connectivity index (χ0v) is 13.1. The van der Waals surface area contributed by atoms with Gasteiger partial charge in [0.25, 0.3) is 0 Å². The number of alkyl halides is 3. The van der Waals surface area contributed by atoms with E-state index in [4.69, 9.17) is 0 Å². The summed E-state index contributed by atoms with van der Waals surface area (Å²) in [6, 6.07) is 4.46. The van der Waals surface area contributed by atoms with Crippen molar-refractivity contribution in [3.8, 4) is 5.75 Å². The number of para-hydroxylation sites is 1. The lowest BCUT2D eigenvalue weighted by molar-refractivity contribution is -0.185. The Hall–Kier alpha value is -2.16. The van der Waals surface area contributed by atoms with E-state index in [1.165, 1.54) is 18.2 Å². The first kappa shape index (κ1) is 18.2. The maximum atomic E-state index is 12.9. The molecule has 0 radical (unpaired) electrons. The molecule has 1 amide bonds. The normalized spacial score (nSPS) is 19.1. The number of carboxylic acids is 1. The maximum absolute atomic E-state index is 12.9. The van der Waals surface area contributed by atoms with Crippen LogP contribution in [0.15, 0.2) is 30.3 Å². The Balaban J connectivity index is 2.35. The molecule has 0 aliphatic carbocycles. The van der Waals surface area contributed by atoms with Crippen LogP contribution in [-0.4, -0.2) is 51.5 Å². The van der Waals surface area contributed by atoms with Gasteiger partial charge in [0.1, 0.15) is 17.7 Å². The summed E-state index contributed by atoms with van der Waals surface area (Å²) in [5.74, 6) is -6.12. The van der Waals surface area contributed by atoms with Gasteiger partial charge < -0.3 is 15.1 Å². The van der Waals surface area contributed by atoms with Crippen molar-refractivity contribution >= 4 is 30.1 Å². The number of phenols is 1. The molecule has 2 rings (SSSR count). The number of aromatic hydroxyl groups is 1. The van der Waals surface area contributed by atoms with Crippen molar-refractivity contribution in [3.05, 3.63) is 35.9 Å². The van der Waals surface area contributed by atoms with Gasteiger partial charge in [-0.15, -0.1) is 0 Å². The van der Waals surface area contributed by atoms with E-state index in [1.807, 2.05) is 0 Å². The molecule has 0 saturated heterocycles. The highest BCUT2D eigenvalue weighted by Crippen LogP contribution is 2.35. The molecule has 1 aliphatic rings. The van der Waals surface area contributed by atoms with Crippen LogP contribution in [0.3, 0.4) is 0 Å². The highest BCUT2D eigenvalue weighted by Gasteiger charge is 2.48. The first-order valence-corrected chi connectivity index (χ1v) is 7.50. The standard InChI is InChI=1S/C15H14F3NO4S/c16-15(17,18)10(7-24)13(21)19-6-8(5-11(19)14(22)23)9-3-1-2-4-12(9)20/h1-5,10-11,20,24H,6-7H2,(H,22,23). The van der Waals surface area contributed by atoms with Gasteiger partial charge in [0.2, 0.25) is 5.91 Å². The molecule has 0 fully saturated rings. The second kappa shape index (κ2) is 6.76. The zero-order valence-electron chi connectivity index (χ0n) is 12.2. The summed E-state index contributed by atoms with van der Waals surface area (Å²) in [7, 11) is 0. The number of carbonyl (C=O) groups is 2. The van der Waals surface area contributed by atoms with Crippen LogP contribution in [0.25, 0.3) is 5.57 Å². The minimum absolute atomic E-state index is 0.149. The molecule has 1 aromatic rings. The number of amides is 1. The molecule has 24 heavy (non-hydrogen) atoms. The van der Waals surface area contributed by atoms with Gasteiger partial charge in [-0.25, -0.2) is 4.79 Å². The maximum Gasteiger partial charge on any atom is 0.401 e. The molecule has 1 aromatic carbocycles. The zero-order chi connectivity index (χ0) is 18.1. The Labute approximate surface area is 140 Å². The third-order valence-corrected chi connectivity index (χ3v) is 4.06. The predicted octanol–water partition coefficient (Wildman–Crippen LogP) is 2.18. The summed E-state index contributed by atoms with van der Waals surface area (Å²) in [5, 5.41) is 19.0. The van der Waals surface area contributed by atoms with Crippen LogP contribution in [0.2, 0.25) is 0 Å². The number of halogens is 3. The average Bonchev–Trinajstić information content (AvgIpc) is 2.92. The van der Waals surface area contributed by atoms with Crippen LogP contribution in [0.4, 0.5) is 13.2 Å². The van der Waals surface area contributed by atoms with Crippen molar-refractivity contribution in [2.24, 2.45) is 5.92 Å². The summed E-state index contributed by atoms with van der Waals surface area (Å²) in [4.78, 5) is 24.2. The third-order valence-electron chi connectivity index (χ3n) is 3.70. The average molecular weight is 361 g/mol. The SMILES string of the molecule is O=C(O)C1C=C(c2ccccc2O)CN1C(=O)C(CS)C(F)(F)F. The van der Waals surface area contributed by atoms with E-state index in [1.54, 1.807) is 12.1 Å². The third kappa shape index (κ3) is 3.50. The number of hydrogen-bond acceptors (Lipinski definition) is 4. The highest BCUT2D eigenvalue weighted by atomic mass is 32.1. The van der Waals surface area contributed by atoms with Crippen molar-refractivity contribution in [1.29, 1.82) is 0 Å². The van der Waals surface area contributed by atoms with Gasteiger partial charge >= 0.3 is 12.1 Å². The van der Waals surface area contributed by atoms with Gasteiger partial charge in [-0.2, -0.15) is 25.8 Å². The summed E-state index contributed by atoms with van der Waals surface area (Å²) in [5.41, 5.74) is 0.544. The second-order valence-corrected chi connectivity index (χ2v) is 5.60. The first-order valence-electron chi connectivity index (χ1n) is 6.86. The minimum Gasteiger partial charge on any atom is -0.507 e. The molecule has 130 valence electrons. The molecule has 2 atom stereocenters. The number of benzene rings is 1. The number of thiol groups is 1. The monoisotopic (exact) mass is 361 g/mol. The number of carbonyl (C=O) groups excluding carboxylic acids is 1. The molecule has 0 aromatic heterocycles. The first-order chi connectivity index (χ1) is 11.2. The van der Waals surface area contributed by atoms with Crippen molar-refractivity contribution < 1.29 is 33.0 Å². The summed E-state index contributed by atoms with van der Waals surface area (Å²) >= 11 is 3.56. The molecule has 0 spiro atoms. The minimum atomic E-state index is -4.82. The summed E-state index contributed by atoms with van der Waals surface area (Å²) < 4.78 is 38.8. The van der Waals surface area contributed by atoms with Crippen LogP contribution in [-0.2, 0) is 9.59 Å². The summed E-state index contributed by atoms with van der Waals surface area (Å²) in [6.07, 6.45) is -3.65. The molecular weight excluding hydrogens is 347 g/mol. The number of carboxylic acid groups (broad SMARTS) is 1. The van der Waals surface area contributed by atoms with E-state index >= 15 is 0 Å². The van der Waals surface area contributed by atoms with Crippen molar-refractivity contribution in [2.45, 2.75) is 12.2 Å². The second-order valence-electron chi connectivity index (χ2n) is 5.24. The van der Waals surface area contributed by atoms with Gasteiger partial charge in [0.15, 0.2) is 0 Å². The van der Waals surface area contributed by atoms with Gasteiger partial charge in [-0.1, -0.05) is 18.2 Å². The Kier molecular flexibility index (Phi) is 5.12. The smallest absolute Gasteiger partial charge is 0.401 e. The fourth-order valence-electron chi connectivity index (χ4n) is 2.48. The van der Waals surface area contributed by atoms with E-state index in [-0.39, 0.29) is 23.4 Å². The quantitative estimate of drug-likeness (QED) is 0.719. The molecular formula is C15H14F3NO4S. The fraction of sp³-hybridized carbons (Fsp3) is 0.333. The van der Waals surface area contributed by atoms with Crippen molar-refractivity contribution in [1.82, 2.24) is 4.90 Å². The van der Waals surface area contributed by atoms with Crippen LogP contribution in [0.5, 0.6) is 5.75 Å². The van der Waals surface area contributed by atoms with Crippen LogP contribution in [0.1, 0.15) is 5.56 Å². The van der Waals surface area contributed by atoms with E-state index < -0.39 is 35.8 Å². The number of phenolic OH excluding ortho intramolecular Hbond substituents is 1. The molecule has 1 heterocycles. The number of nitrogens with zero attached hydrogens (tertiary/aromatic N) is 1. The van der Waals surface area contributed by atoms with Gasteiger partial charge in [0, 0.05) is 17.9 Å². The summed E-state index contributed by atoms with van der Waals surface area (Å²) in [6.45, 7) is -0.340. The Morgan fingerprint density at radius 1 is 1.33 bits per heavy atom. The van der Waals surface area contributed by atoms with E-state index in [0.29, 0.717) is 4.90 Å². The molecule has 9 heteroatoms. The Morgan fingerprint density at radius 3 is 2.46 bits per heavy atom. The lowest BCUT2D eigenvalue weighted by Crippen LogP contribution is -2.48. The lowest BCUT2D eigenvalue weighted by atomic mass is 10.1. The van der Waals surface area contributed by atoms with E-state index in [2.05, 4.69) is 12.6 Å². The topological polar surface area (TPSA) is 77.8 Å². The van der Waals surface area contributed by atoms with Crippen molar-refractivity contribution in [3.63, 3.8) is 0 Å². The van der Waals surface area contributed by atoms with Crippen LogP contribution in [0, 0.1) is 5.92 Å². The van der Waals surface area contributed by atoms with Crippen molar-refractivity contribution in [2.75, 3.05) is 12.3 Å². The number of hydrogen-bond donors (Lipinski definition) is 3. The largest absolute Gasteiger partial charge is 0.507 e. The molecule has 1 aliphatic heterocycles. The molecule has 0 saturated carbocycles. The highest BCUT2D eigenvalue weighted by molar-refractivity contribution is 7.80. The lowest BCUT2D eigenvalue weighted by Gasteiger charge is -2.27. The number of rotatable bonds is 4. The Morgan fingerprint density at radius 2 is 1.96 bits per heavy atom. The van der Waals surface area contributed by atoms with Gasteiger partial charge in [-0.3, -0.25) is 4.79 Å². The van der Waals surface area contributed by atoms with Gasteiger partial charge in [0.05, 0.1) is 0 Å². The number of aliphatic carboxylic acids is 1. The fourth-order valence-corrected chi connectivity index (χ4v) is 2.84. The Bertz CT molecular complexity index is 690. The van der Waals surface area contributed by atoms with E-state index in [9.17, 15) is 33.0 Å². The molecule has 0 bridgehead atoms. The van der Waals surface area contributed by atoms with Crippen LogP contribution < -0.4 is 0 Å². The van der Waals surface area contributed by atoms with Crippen LogP contribution >= 0.6 is 12.6 Å². The van der Waals surface area contributed by atoms with E-state index in [0.717, 1.165) is 0 Å². The molecule has 5 nitrogen and oxygen atoms in total. The predicted molar refractivity (Wildman–Crippen MR) is 82.6 cm³/mol. The van der Waals surface area contributed by atoms with Gasteiger partial charge in [-0.05, 0) is 17.7 Å². The molecule has 2 unspecified atom stereocenters.